The molecule has 1 aromatic heterocycles. The molecule has 0 radical (unpaired) electrons. The molecule has 0 fully saturated rings. The molecule has 0 unspecified atom stereocenters. The van der Waals surface area contributed by atoms with Crippen molar-refractivity contribution < 1.29 is 14.6 Å². The molecule has 0 aliphatic heterocycles. The molecule has 1 rings (SSSR count). The molecule has 0 spiro atoms. The molecule has 0 bridgehead atoms. The smallest absolute Gasteiger partial charge is 0.373 e. The molecule has 3 nitrogen and oxygen atoms in total. The van der Waals surface area contributed by atoms with E-state index in [1.165, 1.54) is 24.5 Å². The minimum Gasteiger partial charge on any atom is -0.502 e. The minimum atomic E-state index is -0.719. The highest BCUT2D eigenvalue weighted by Gasteiger charge is 2.06. The fourth-order valence-electron chi connectivity index (χ4n) is 0.672. The van der Waals surface area contributed by atoms with E-state index in [2.05, 4.69) is 4.74 Å². The van der Waals surface area contributed by atoms with Crippen LogP contribution in [-0.4, -0.2) is 18.2 Å². The van der Waals surface area contributed by atoms with Gasteiger partial charge in [-0.15, -0.1) is 11.3 Å². The summed E-state index contributed by atoms with van der Waals surface area (Å²) in [5, 5.41) is 10.9. The highest BCUT2D eigenvalue weighted by molar-refractivity contribution is 7.10. The van der Waals surface area contributed by atoms with Crippen molar-refractivity contribution >= 4 is 23.4 Å². The molecule has 0 aliphatic carbocycles. The number of carbonyl (C=O) groups excluding carboxylic acids is 1. The Morgan fingerprint density at radius 1 is 1.75 bits per heavy atom. The summed E-state index contributed by atoms with van der Waals surface area (Å²) in [6.07, 6.45) is 1.37. The Bertz CT molecular complexity index is 287. The van der Waals surface area contributed by atoms with Crippen LogP contribution in [0.3, 0.4) is 0 Å². The van der Waals surface area contributed by atoms with E-state index < -0.39 is 5.97 Å². The third-order valence-electron chi connectivity index (χ3n) is 1.22. The van der Waals surface area contributed by atoms with Gasteiger partial charge in [0.2, 0.25) is 5.76 Å². The standard InChI is InChI=1S/C8H8O3S/c1-11-8(10)7(9)5-6-3-2-4-12-6/h2-5,9H,1H3. The van der Waals surface area contributed by atoms with E-state index in [4.69, 9.17) is 5.11 Å². The van der Waals surface area contributed by atoms with Crippen LogP contribution in [-0.2, 0) is 9.53 Å². The van der Waals surface area contributed by atoms with E-state index in [0.717, 1.165) is 4.88 Å². The molecule has 1 aromatic rings. The predicted octanol–water partition coefficient (Wildman–Crippen LogP) is 1.82. The number of carbonyl (C=O) groups is 1. The number of hydrogen-bond donors (Lipinski definition) is 1. The SMILES string of the molecule is COC(=O)C(O)=Cc1cccs1. The summed E-state index contributed by atoms with van der Waals surface area (Å²) >= 11 is 1.43. The van der Waals surface area contributed by atoms with Gasteiger partial charge in [-0.25, -0.2) is 4.79 Å². The maximum atomic E-state index is 10.7. The highest BCUT2D eigenvalue weighted by Crippen LogP contribution is 2.12. The maximum Gasteiger partial charge on any atom is 0.373 e. The molecule has 64 valence electrons. The van der Waals surface area contributed by atoms with Crippen molar-refractivity contribution in [2.75, 3.05) is 7.11 Å². The molecule has 0 atom stereocenters. The number of esters is 1. The van der Waals surface area contributed by atoms with Gasteiger partial charge < -0.3 is 9.84 Å². The highest BCUT2D eigenvalue weighted by atomic mass is 32.1. The first-order valence-corrected chi connectivity index (χ1v) is 4.14. The second-order valence-corrected chi connectivity index (χ2v) is 3.02. The number of aliphatic hydroxyl groups is 1. The molecule has 12 heavy (non-hydrogen) atoms. The molecule has 0 saturated heterocycles. The second kappa shape index (κ2) is 3.92. The zero-order valence-corrected chi connectivity index (χ0v) is 7.30. The van der Waals surface area contributed by atoms with E-state index in [-0.39, 0.29) is 5.76 Å². The fourth-order valence-corrected chi connectivity index (χ4v) is 1.32. The monoisotopic (exact) mass is 184 g/mol. The van der Waals surface area contributed by atoms with Gasteiger partial charge in [-0.3, -0.25) is 0 Å². The van der Waals surface area contributed by atoms with Crippen molar-refractivity contribution in [1.82, 2.24) is 0 Å². The first-order chi connectivity index (χ1) is 5.74. The van der Waals surface area contributed by atoms with E-state index in [9.17, 15) is 4.79 Å². The molecule has 0 amide bonds. The Hall–Kier alpha value is -1.29. The summed E-state index contributed by atoms with van der Waals surface area (Å²) in [7, 11) is 1.22. The average molecular weight is 184 g/mol. The lowest BCUT2D eigenvalue weighted by Gasteiger charge is -1.94. The molecule has 0 saturated carbocycles. The predicted molar refractivity (Wildman–Crippen MR) is 46.9 cm³/mol. The van der Waals surface area contributed by atoms with Crippen LogP contribution in [0.1, 0.15) is 4.88 Å². The third kappa shape index (κ3) is 2.10. The Morgan fingerprint density at radius 3 is 3.00 bits per heavy atom. The molecular weight excluding hydrogens is 176 g/mol. The number of thiophene rings is 1. The molecular formula is C8H8O3S. The summed E-state index contributed by atoms with van der Waals surface area (Å²) in [5.41, 5.74) is 0. The largest absolute Gasteiger partial charge is 0.502 e. The van der Waals surface area contributed by atoms with Crippen LogP contribution in [0, 0.1) is 0 Å². The van der Waals surface area contributed by atoms with Gasteiger partial charge in [0.05, 0.1) is 7.11 Å². The van der Waals surface area contributed by atoms with Crippen LogP contribution in [0.15, 0.2) is 23.3 Å². The lowest BCUT2D eigenvalue weighted by molar-refractivity contribution is -0.138. The van der Waals surface area contributed by atoms with Crippen LogP contribution in [0.25, 0.3) is 6.08 Å². The van der Waals surface area contributed by atoms with Gasteiger partial charge >= 0.3 is 5.97 Å². The number of ether oxygens (including phenoxy) is 1. The zero-order valence-electron chi connectivity index (χ0n) is 6.48. The van der Waals surface area contributed by atoms with E-state index in [1.54, 1.807) is 6.07 Å². The number of methoxy groups -OCH3 is 1. The molecule has 0 aromatic carbocycles. The van der Waals surface area contributed by atoms with Crippen molar-refractivity contribution in [3.63, 3.8) is 0 Å². The second-order valence-electron chi connectivity index (χ2n) is 2.04. The van der Waals surface area contributed by atoms with Gasteiger partial charge in [-0.2, -0.15) is 0 Å². The summed E-state index contributed by atoms with van der Waals surface area (Å²) in [6.45, 7) is 0. The van der Waals surface area contributed by atoms with E-state index >= 15 is 0 Å². The average Bonchev–Trinajstić information content (AvgIpc) is 2.55. The Labute approximate surface area is 73.9 Å². The summed E-state index contributed by atoms with van der Waals surface area (Å²) in [6, 6.07) is 3.63. The van der Waals surface area contributed by atoms with Gasteiger partial charge in [0.15, 0.2) is 0 Å². The Balaban J connectivity index is 2.76. The van der Waals surface area contributed by atoms with Crippen LogP contribution >= 0.6 is 11.3 Å². The van der Waals surface area contributed by atoms with Crippen molar-refractivity contribution in [1.29, 1.82) is 0 Å². The number of rotatable bonds is 2. The van der Waals surface area contributed by atoms with Crippen LogP contribution < -0.4 is 0 Å². The zero-order chi connectivity index (χ0) is 8.97. The van der Waals surface area contributed by atoms with Crippen LogP contribution in [0.2, 0.25) is 0 Å². The van der Waals surface area contributed by atoms with Gasteiger partial charge in [0, 0.05) is 11.0 Å². The van der Waals surface area contributed by atoms with Crippen molar-refractivity contribution in [3.05, 3.63) is 28.1 Å². The van der Waals surface area contributed by atoms with Gasteiger partial charge in [-0.05, 0) is 11.4 Å². The van der Waals surface area contributed by atoms with Gasteiger partial charge in [0.1, 0.15) is 0 Å². The van der Waals surface area contributed by atoms with Gasteiger partial charge in [-0.1, -0.05) is 6.07 Å². The minimum absolute atomic E-state index is 0.375. The quantitative estimate of drug-likeness (QED) is 0.433. The summed E-state index contributed by atoms with van der Waals surface area (Å²) in [4.78, 5) is 11.5. The third-order valence-corrected chi connectivity index (χ3v) is 2.04. The van der Waals surface area contributed by atoms with Crippen molar-refractivity contribution in [2.24, 2.45) is 0 Å². The lowest BCUT2D eigenvalue weighted by Crippen LogP contribution is -2.02. The van der Waals surface area contributed by atoms with Crippen molar-refractivity contribution in [2.45, 2.75) is 0 Å². The fraction of sp³-hybridized carbons (Fsp3) is 0.125. The maximum absolute atomic E-state index is 10.7. The lowest BCUT2D eigenvalue weighted by atomic mass is 10.4. The molecule has 1 heterocycles. The molecule has 1 N–H and O–H groups in total. The number of aliphatic hydroxyl groups excluding tert-OH is 1. The summed E-state index contributed by atoms with van der Waals surface area (Å²) in [5.74, 6) is -1.09. The van der Waals surface area contributed by atoms with Crippen LogP contribution in [0.5, 0.6) is 0 Å². The first kappa shape index (κ1) is 8.80. The summed E-state index contributed by atoms with van der Waals surface area (Å²) < 4.78 is 4.31. The number of hydrogen-bond acceptors (Lipinski definition) is 4. The van der Waals surface area contributed by atoms with E-state index in [1.807, 2.05) is 11.4 Å². The molecule has 0 aliphatic rings. The first-order valence-electron chi connectivity index (χ1n) is 3.26. The van der Waals surface area contributed by atoms with Crippen LogP contribution in [0.4, 0.5) is 0 Å². The Morgan fingerprint density at radius 2 is 2.50 bits per heavy atom. The topological polar surface area (TPSA) is 46.5 Å². The Kier molecular flexibility index (Phi) is 2.88. The normalized spacial score (nSPS) is 11.2. The van der Waals surface area contributed by atoms with Gasteiger partial charge in [0.25, 0.3) is 0 Å². The van der Waals surface area contributed by atoms with E-state index in [0.29, 0.717) is 0 Å². The van der Waals surface area contributed by atoms with Crippen molar-refractivity contribution in [3.8, 4) is 0 Å². The molecule has 4 heteroatoms.